The summed E-state index contributed by atoms with van der Waals surface area (Å²) in [7, 11) is 0. The number of carbonyl (C=O) groups is 1. The quantitative estimate of drug-likeness (QED) is 0.786. The molecule has 0 unspecified atom stereocenters. The molecule has 0 aliphatic carbocycles. The molecule has 24 heavy (non-hydrogen) atoms. The van der Waals surface area contributed by atoms with Crippen LogP contribution in [0.5, 0.6) is 17.2 Å². The van der Waals surface area contributed by atoms with Crippen LogP contribution in [0.1, 0.15) is 46.9 Å². The Morgan fingerprint density at radius 3 is 2.50 bits per heavy atom. The van der Waals surface area contributed by atoms with E-state index in [2.05, 4.69) is 0 Å². The molecular weight excluding hydrogens is 304 g/mol. The highest BCUT2D eigenvalue weighted by Gasteiger charge is 2.28. The number of hydrogen-bond donors (Lipinski definition) is 0. The second-order valence-electron chi connectivity index (χ2n) is 6.34. The molecular formula is C20H20O4. The van der Waals surface area contributed by atoms with E-state index < -0.39 is 0 Å². The smallest absolute Gasteiger partial charge is 0.170 e. The third-order valence-corrected chi connectivity index (χ3v) is 4.47. The zero-order valence-corrected chi connectivity index (χ0v) is 13.7. The fourth-order valence-electron chi connectivity index (χ4n) is 3.15. The fourth-order valence-corrected chi connectivity index (χ4v) is 3.15. The molecule has 0 N–H and O–H groups in total. The van der Waals surface area contributed by atoms with Gasteiger partial charge in [0.25, 0.3) is 0 Å². The molecule has 2 aromatic rings. The summed E-state index contributed by atoms with van der Waals surface area (Å²) in [6.45, 7) is 3.37. The highest BCUT2D eigenvalue weighted by molar-refractivity contribution is 6.00. The molecule has 2 aliphatic rings. The van der Waals surface area contributed by atoms with Crippen LogP contribution in [0.2, 0.25) is 0 Å². The van der Waals surface area contributed by atoms with Crippen molar-refractivity contribution in [1.29, 1.82) is 0 Å². The van der Waals surface area contributed by atoms with Crippen LogP contribution < -0.4 is 14.2 Å². The lowest BCUT2D eigenvalue weighted by Crippen LogP contribution is -2.20. The Bertz CT molecular complexity index is 781. The lowest BCUT2D eigenvalue weighted by atomic mass is 9.95. The van der Waals surface area contributed by atoms with Gasteiger partial charge in [0, 0.05) is 0 Å². The van der Waals surface area contributed by atoms with Crippen LogP contribution in [-0.2, 0) is 0 Å². The summed E-state index contributed by atoms with van der Waals surface area (Å²) in [5, 5.41) is 0. The third kappa shape index (κ3) is 2.84. The number of Topliss-reactive ketones (excluding diaryl/α,β-unsaturated/α-hetero) is 1. The maximum atomic E-state index is 12.5. The van der Waals surface area contributed by atoms with Crippen molar-refractivity contribution in [2.24, 2.45) is 0 Å². The molecule has 0 saturated carbocycles. The summed E-state index contributed by atoms with van der Waals surface area (Å²) in [5.74, 6) is 2.27. The minimum absolute atomic E-state index is 0.119. The number of carbonyl (C=O) groups excluding carboxylic acids is 1. The van der Waals surface area contributed by atoms with Gasteiger partial charge in [0.05, 0.1) is 25.2 Å². The molecule has 124 valence electrons. The number of aryl methyl sites for hydroxylation is 1. The Hall–Kier alpha value is -2.49. The molecule has 0 saturated heterocycles. The van der Waals surface area contributed by atoms with Crippen molar-refractivity contribution in [2.75, 3.05) is 13.2 Å². The molecule has 4 rings (SSSR count). The summed E-state index contributed by atoms with van der Waals surface area (Å²) in [4.78, 5) is 12.5. The lowest BCUT2D eigenvalue weighted by molar-refractivity contribution is 0.0849. The van der Waals surface area contributed by atoms with Crippen LogP contribution in [0.15, 0.2) is 36.4 Å². The molecule has 4 nitrogen and oxygen atoms in total. The van der Waals surface area contributed by atoms with E-state index in [4.69, 9.17) is 14.2 Å². The maximum absolute atomic E-state index is 12.5. The van der Waals surface area contributed by atoms with E-state index in [1.807, 2.05) is 43.3 Å². The molecule has 0 amide bonds. The van der Waals surface area contributed by atoms with Crippen molar-refractivity contribution in [1.82, 2.24) is 0 Å². The molecule has 0 aromatic heterocycles. The number of ether oxygens (including phenoxy) is 3. The number of ketones is 1. The van der Waals surface area contributed by atoms with Gasteiger partial charge in [-0.1, -0.05) is 17.7 Å². The Morgan fingerprint density at radius 2 is 1.67 bits per heavy atom. The first kappa shape index (κ1) is 15.1. The van der Waals surface area contributed by atoms with Crippen molar-refractivity contribution < 1.29 is 19.0 Å². The van der Waals surface area contributed by atoms with E-state index in [1.165, 1.54) is 0 Å². The molecule has 0 bridgehead atoms. The van der Waals surface area contributed by atoms with Gasteiger partial charge in [-0.2, -0.15) is 0 Å². The van der Waals surface area contributed by atoms with Crippen molar-refractivity contribution in [2.45, 2.75) is 32.3 Å². The third-order valence-electron chi connectivity index (χ3n) is 4.47. The van der Waals surface area contributed by atoms with E-state index in [1.54, 1.807) is 0 Å². The van der Waals surface area contributed by atoms with Crippen LogP contribution in [0.25, 0.3) is 0 Å². The van der Waals surface area contributed by atoms with Crippen molar-refractivity contribution in [3.05, 3.63) is 53.1 Å². The van der Waals surface area contributed by atoms with Crippen LogP contribution >= 0.6 is 0 Å². The first-order valence-electron chi connectivity index (χ1n) is 8.41. The van der Waals surface area contributed by atoms with Gasteiger partial charge in [0.2, 0.25) is 0 Å². The zero-order valence-electron chi connectivity index (χ0n) is 13.7. The molecule has 1 atom stereocenters. The van der Waals surface area contributed by atoms with Gasteiger partial charge < -0.3 is 14.2 Å². The molecule has 0 spiro atoms. The van der Waals surface area contributed by atoms with Gasteiger partial charge in [-0.15, -0.1) is 0 Å². The van der Waals surface area contributed by atoms with Gasteiger partial charge >= 0.3 is 0 Å². The first-order chi connectivity index (χ1) is 11.7. The predicted molar refractivity (Wildman–Crippen MR) is 90.2 cm³/mol. The SMILES string of the molecule is Cc1ccc2c(c1)C(=O)C[C@H](c1ccc3c(c1)OCCCCO3)O2. The van der Waals surface area contributed by atoms with E-state index in [9.17, 15) is 4.79 Å². The zero-order chi connectivity index (χ0) is 16.5. The summed E-state index contributed by atoms with van der Waals surface area (Å²) in [5.41, 5.74) is 2.69. The minimum atomic E-state index is -0.285. The van der Waals surface area contributed by atoms with Crippen LogP contribution in [-0.4, -0.2) is 19.0 Å². The molecule has 2 aromatic carbocycles. The molecule has 0 fully saturated rings. The molecule has 4 heteroatoms. The van der Waals surface area contributed by atoms with Gasteiger partial charge in [-0.25, -0.2) is 0 Å². The normalized spacial score (nSPS) is 19.7. The predicted octanol–water partition coefficient (Wildman–Crippen LogP) is 4.25. The van der Waals surface area contributed by atoms with Crippen molar-refractivity contribution in [3.8, 4) is 17.2 Å². The Labute approximate surface area is 141 Å². The topological polar surface area (TPSA) is 44.8 Å². The van der Waals surface area contributed by atoms with Crippen LogP contribution in [0, 0.1) is 6.92 Å². The van der Waals surface area contributed by atoms with Gasteiger partial charge in [-0.05, 0) is 49.6 Å². The Balaban J connectivity index is 1.63. The Morgan fingerprint density at radius 1 is 0.917 bits per heavy atom. The lowest BCUT2D eigenvalue weighted by Gasteiger charge is -2.26. The van der Waals surface area contributed by atoms with Gasteiger partial charge in [0.15, 0.2) is 17.3 Å². The number of rotatable bonds is 1. The summed E-state index contributed by atoms with van der Waals surface area (Å²) in [6.07, 6.45) is 2.04. The van der Waals surface area contributed by atoms with E-state index in [-0.39, 0.29) is 11.9 Å². The van der Waals surface area contributed by atoms with Crippen molar-refractivity contribution in [3.63, 3.8) is 0 Å². The largest absolute Gasteiger partial charge is 0.490 e. The van der Waals surface area contributed by atoms with Crippen LogP contribution in [0.4, 0.5) is 0 Å². The average Bonchev–Trinajstić information content (AvgIpc) is 2.56. The summed E-state index contributed by atoms with van der Waals surface area (Å²) >= 11 is 0. The number of hydrogen-bond acceptors (Lipinski definition) is 4. The fraction of sp³-hybridized carbons (Fsp3) is 0.350. The standard InChI is InChI=1S/C20H20O4/c1-13-4-6-17-15(10-13)16(21)12-19(24-17)14-5-7-18-20(11-14)23-9-3-2-8-22-18/h4-7,10-11,19H,2-3,8-9,12H2,1H3/t19-/m1/s1. The molecule has 2 heterocycles. The maximum Gasteiger partial charge on any atom is 0.170 e. The van der Waals surface area contributed by atoms with Gasteiger partial charge in [-0.3, -0.25) is 4.79 Å². The second-order valence-corrected chi connectivity index (χ2v) is 6.34. The second kappa shape index (κ2) is 6.19. The monoisotopic (exact) mass is 324 g/mol. The first-order valence-corrected chi connectivity index (χ1v) is 8.41. The number of benzene rings is 2. The molecule has 2 aliphatic heterocycles. The van der Waals surface area contributed by atoms with Gasteiger partial charge in [0.1, 0.15) is 11.9 Å². The van der Waals surface area contributed by atoms with E-state index >= 15 is 0 Å². The molecule has 0 radical (unpaired) electrons. The minimum Gasteiger partial charge on any atom is -0.490 e. The Kier molecular flexibility index (Phi) is 3.89. The summed E-state index contributed by atoms with van der Waals surface area (Å²) in [6, 6.07) is 11.5. The summed E-state index contributed by atoms with van der Waals surface area (Å²) < 4.78 is 17.6. The highest BCUT2D eigenvalue weighted by atomic mass is 16.5. The number of fused-ring (bicyclic) bond motifs is 2. The highest BCUT2D eigenvalue weighted by Crippen LogP contribution is 2.38. The average molecular weight is 324 g/mol. The van der Waals surface area contributed by atoms with E-state index in [0.29, 0.717) is 30.9 Å². The van der Waals surface area contributed by atoms with Crippen LogP contribution in [0.3, 0.4) is 0 Å². The van der Waals surface area contributed by atoms with E-state index in [0.717, 1.165) is 35.5 Å². The van der Waals surface area contributed by atoms with Crippen molar-refractivity contribution >= 4 is 5.78 Å².